The van der Waals surface area contributed by atoms with Crippen molar-refractivity contribution in [2.75, 3.05) is 50.7 Å². The monoisotopic (exact) mass is 463 g/mol. The molecule has 2 amide bonds. The maximum atomic E-state index is 12.4. The maximum absolute atomic E-state index is 12.4. The van der Waals surface area contributed by atoms with Crippen LogP contribution in [0, 0.1) is 0 Å². The lowest BCUT2D eigenvalue weighted by Crippen LogP contribution is -2.26. The third-order valence-electron chi connectivity index (χ3n) is 4.71. The summed E-state index contributed by atoms with van der Waals surface area (Å²) in [6.45, 7) is 1.68. The molecule has 0 bridgehead atoms. The van der Waals surface area contributed by atoms with E-state index in [4.69, 9.17) is 14.2 Å². The first-order chi connectivity index (χ1) is 16.7. The molecule has 0 unspecified atom stereocenters. The van der Waals surface area contributed by atoms with E-state index in [1.165, 1.54) is 0 Å². The Hall–Kier alpha value is -4.04. The van der Waals surface area contributed by atoms with Gasteiger partial charge in [-0.1, -0.05) is 30.3 Å². The summed E-state index contributed by atoms with van der Waals surface area (Å²) in [7, 11) is 1.58. The quantitative estimate of drug-likeness (QED) is 0.335. The highest BCUT2D eigenvalue weighted by atomic mass is 16.5. The van der Waals surface area contributed by atoms with Crippen LogP contribution in [0.25, 0.3) is 0 Å². The second kappa shape index (κ2) is 13.5. The minimum absolute atomic E-state index is 0.0604. The highest BCUT2D eigenvalue weighted by molar-refractivity contribution is 5.96. The average Bonchev–Trinajstić information content (AvgIpc) is 2.87. The van der Waals surface area contributed by atoms with Crippen molar-refractivity contribution in [1.82, 2.24) is 5.32 Å². The van der Waals surface area contributed by atoms with Crippen molar-refractivity contribution in [2.45, 2.75) is 0 Å². The zero-order chi connectivity index (χ0) is 24.0. The molecule has 0 heterocycles. The second-order valence-electron chi connectivity index (χ2n) is 7.23. The van der Waals surface area contributed by atoms with Crippen LogP contribution in [-0.4, -0.2) is 51.8 Å². The van der Waals surface area contributed by atoms with Gasteiger partial charge in [0.15, 0.2) is 0 Å². The number of anilines is 2. The van der Waals surface area contributed by atoms with Gasteiger partial charge >= 0.3 is 0 Å². The molecular weight excluding hydrogens is 434 g/mol. The summed E-state index contributed by atoms with van der Waals surface area (Å²) in [6, 6.07) is 23.6. The van der Waals surface area contributed by atoms with Gasteiger partial charge in [-0.25, -0.2) is 0 Å². The van der Waals surface area contributed by atoms with Gasteiger partial charge in [0, 0.05) is 24.9 Å². The van der Waals surface area contributed by atoms with Crippen molar-refractivity contribution in [3.05, 3.63) is 84.4 Å². The predicted molar refractivity (Wildman–Crippen MR) is 132 cm³/mol. The number of para-hydroxylation sites is 3. The van der Waals surface area contributed by atoms with E-state index in [0.29, 0.717) is 43.4 Å². The van der Waals surface area contributed by atoms with Gasteiger partial charge in [-0.2, -0.15) is 0 Å². The first-order valence-corrected chi connectivity index (χ1v) is 11.0. The molecule has 0 saturated heterocycles. The van der Waals surface area contributed by atoms with E-state index in [1.807, 2.05) is 42.5 Å². The summed E-state index contributed by atoms with van der Waals surface area (Å²) in [5.74, 6) is 0.944. The lowest BCUT2D eigenvalue weighted by atomic mass is 10.2. The van der Waals surface area contributed by atoms with E-state index in [-0.39, 0.29) is 18.4 Å². The zero-order valence-electron chi connectivity index (χ0n) is 19.1. The number of hydrogen-bond donors (Lipinski definition) is 3. The van der Waals surface area contributed by atoms with Crippen LogP contribution in [0.4, 0.5) is 11.4 Å². The highest BCUT2D eigenvalue weighted by Gasteiger charge is 2.09. The van der Waals surface area contributed by atoms with Gasteiger partial charge in [0.25, 0.3) is 5.91 Å². The molecule has 0 atom stereocenters. The molecule has 8 nitrogen and oxygen atoms in total. The Labute approximate surface area is 199 Å². The number of rotatable bonds is 13. The van der Waals surface area contributed by atoms with Crippen LogP contribution in [-0.2, 0) is 9.53 Å². The number of ether oxygens (including phenoxy) is 3. The Morgan fingerprint density at radius 3 is 2.26 bits per heavy atom. The SMILES string of the molecule is COCCNC(=O)c1ccc(NCC(=O)Nc2ccccc2OCCOc2ccccc2)cc1. The Morgan fingerprint density at radius 2 is 1.50 bits per heavy atom. The molecule has 34 heavy (non-hydrogen) atoms. The van der Waals surface area contributed by atoms with Crippen molar-refractivity contribution < 1.29 is 23.8 Å². The fraction of sp³-hybridized carbons (Fsp3) is 0.231. The number of nitrogens with one attached hydrogen (secondary N) is 3. The number of amides is 2. The van der Waals surface area contributed by atoms with Crippen molar-refractivity contribution in [3.8, 4) is 11.5 Å². The molecule has 8 heteroatoms. The third kappa shape index (κ3) is 8.14. The summed E-state index contributed by atoms with van der Waals surface area (Å²) in [4.78, 5) is 24.5. The molecule has 3 aromatic rings. The maximum Gasteiger partial charge on any atom is 0.251 e. The molecule has 3 aromatic carbocycles. The van der Waals surface area contributed by atoms with Crippen LogP contribution >= 0.6 is 0 Å². The van der Waals surface area contributed by atoms with Gasteiger partial charge in [-0.05, 0) is 48.5 Å². The average molecular weight is 464 g/mol. The summed E-state index contributed by atoms with van der Waals surface area (Å²) >= 11 is 0. The van der Waals surface area contributed by atoms with E-state index in [0.717, 1.165) is 11.4 Å². The van der Waals surface area contributed by atoms with Crippen LogP contribution in [0.1, 0.15) is 10.4 Å². The molecule has 0 aliphatic heterocycles. The van der Waals surface area contributed by atoms with Gasteiger partial charge < -0.3 is 30.2 Å². The van der Waals surface area contributed by atoms with Crippen LogP contribution in [0.15, 0.2) is 78.9 Å². The Balaban J connectivity index is 1.43. The van der Waals surface area contributed by atoms with Crippen LogP contribution in [0.2, 0.25) is 0 Å². The molecule has 178 valence electrons. The third-order valence-corrected chi connectivity index (χ3v) is 4.71. The number of carbonyl (C=O) groups is 2. The van der Waals surface area contributed by atoms with Crippen LogP contribution in [0.3, 0.4) is 0 Å². The largest absolute Gasteiger partial charge is 0.490 e. The first kappa shape index (κ1) is 24.6. The van der Waals surface area contributed by atoms with E-state index in [1.54, 1.807) is 43.5 Å². The lowest BCUT2D eigenvalue weighted by Gasteiger charge is -2.13. The molecule has 0 fully saturated rings. The van der Waals surface area contributed by atoms with Gasteiger partial charge in [0.1, 0.15) is 24.7 Å². The standard InChI is InChI=1S/C26H29N3O5/c1-32-16-15-27-26(31)20-11-13-21(14-12-20)28-19-25(30)29-23-9-5-6-10-24(23)34-18-17-33-22-7-3-2-4-8-22/h2-14,28H,15-19H2,1H3,(H,27,31)(H,29,30). The van der Waals surface area contributed by atoms with E-state index < -0.39 is 0 Å². The summed E-state index contributed by atoms with van der Waals surface area (Å²) in [5, 5.41) is 8.66. The molecule has 0 radical (unpaired) electrons. The van der Waals surface area contributed by atoms with Crippen LogP contribution in [0.5, 0.6) is 11.5 Å². The molecular formula is C26H29N3O5. The van der Waals surface area contributed by atoms with E-state index in [9.17, 15) is 9.59 Å². The summed E-state index contributed by atoms with van der Waals surface area (Å²) in [6.07, 6.45) is 0. The van der Waals surface area contributed by atoms with E-state index >= 15 is 0 Å². The van der Waals surface area contributed by atoms with Crippen molar-refractivity contribution in [3.63, 3.8) is 0 Å². The summed E-state index contributed by atoms with van der Waals surface area (Å²) < 4.78 is 16.3. The molecule has 0 aliphatic rings. The predicted octanol–water partition coefficient (Wildman–Crippen LogP) is 3.57. The number of methoxy groups -OCH3 is 1. The number of carbonyl (C=O) groups excluding carboxylic acids is 2. The van der Waals surface area contributed by atoms with Crippen LogP contribution < -0.4 is 25.4 Å². The zero-order valence-corrected chi connectivity index (χ0v) is 19.1. The van der Waals surface area contributed by atoms with Gasteiger partial charge in [0.05, 0.1) is 18.8 Å². The van der Waals surface area contributed by atoms with Crippen molar-refractivity contribution in [2.24, 2.45) is 0 Å². The number of benzene rings is 3. The summed E-state index contributed by atoms with van der Waals surface area (Å²) in [5.41, 5.74) is 1.84. The Kier molecular flexibility index (Phi) is 9.76. The smallest absolute Gasteiger partial charge is 0.251 e. The molecule has 0 saturated carbocycles. The minimum Gasteiger partial charge on any atom is -0.490 e. The van der Waals surface area contributed by atoms with Gasteiger partial charge in [0.2, 0.25) is 5.91 Å². The lowest BCUT2D eigenvalue weighted by molar-refractivity contribution is -0.114. The molecule has 3 rings (SSSR count). The van der Waals surface area contributed by atoms with E-state index in [2.05, 4.69) is 16.0 Å². The van der Waals surface area contributed by atoms with Crippen molar-refractivity contribution >= 4 is 23.2 Å². The topological polar surface area (TPSA) is 97.9 Å². The Morgan fingerprint density at radius 1 is 0.794 bits per heavy atom. The van der Waals surface area contributed by atoms with Gasteiger partial charge in [-0.15, -0.1) is 0 Å². The molecule has 0 spiro atoms. The van der Waals surface area contributed by atoms with Crippen molar-refractivity contribution in [1.29, 1.82) is 0 Å². The number of hydrogen-bond acceptors (Lipinski definition) is 6. The highest BCUT2D eigenvalue weighted by Crippen LogP contribution is 2.23. The Bertz CT molecular complexity index is 1040. The second-order valence-corrected chi connectivity index (χ2v) is 7.23. The molecule has 0 aliphatic carbocycles. The minimum atomic E-state index is -0.224. The normalized spacial score (nSPS) is 10.3. The molecule has 0 aromatic heterocycles. The molecule has 3 N–H and O–H groups in total. The first-order valence-electron chi connectivity index (χ1n) is 11.0. The fourth-order valence-electron chi connectivity index (χ4n) is 3.01. The fourth-order valence-corrected chi connectivity index (χ4v) is 3.01. The van der Waals surface area contributed by atoms with Gasteiger partial charge in [-0.3, -0.25) is 9.59 Å².